The molecule has 1 N–H and O–H groups in total. The van der Waals surface area contributed by atoms with Crippen LogP contribution in [-0.4, -0.2) is 33.4 Å². The number of rotatable bonds is 4. The van der Waals surface area contributed by atoms with Gasteiger partial charge in [0.15, 0.2) is 0 Å². The Bertz CT molecular complexity index is 866. The summed E-state index contributed by atoms with van der Waals surface area (Å²) in [7, 11) is -3.49. The maximum Gasteiger partial charge on any atom is 0.264 e. The molecule has 0 bridgehead atoms. The summed E-state index contributed by atoms with van der Waals surface area (Å²) in [5.41, 5.74) is 3.90. The van der Waals surface area contributed by atoms with Gasteiger partial charge in [0.1, 0.15) is 0 Å². The van der Waals surface area contributed by atoms with Crippen LogP contribution in [0.15, 0.2) is 54.6 Å². The summed E-state index contributed by atoms with van der Waals surface area (Å²) in [6.45, 7) is 0.556. The lowest BCUT2D eigenvalue weighted by atomic mass is 9.66. The van der Waals surface area contributed by atoms with Crippen molar-refractivity contribution in [2.75, 3.05) is 12.8 Å². The van der Waals surface area contributed by atoms with E-state index in [-0.39, 0.29) is 12.0 Å². The molecule has 0 radical (unpaired) electrons. The molecule has 2 aromatic carbocycles. The summed E-state index contributed by atoms with van der Waals surface area (Å²) in [4.78, 5) is 0. The predicted octanol–water partition coefficient (Wildman–Crippen LogP) is 2.89. The molecule has 5 heteroatoms. The number of nitrogens with one attached hydrogen (secondary N) is 1. The molecule has 4 nitrogen and oxygen atoms in total. The Morgan fingerprint density at radius 1 is 1.08 bits per heavy atom. The van der Waals surface area contributed by atoms with E-state index < -0.39 is 10.1 Å². The number of aryl methyl sites for hydroxylation is 1. The predicted molar refractivity (Wildman–Crippen MR) is 103 cm³/mol. The van der Waals surface area contributed by atoms with E-state index in [2.05, 4.69) is 47.8 Å². The van der Waals surface area contributed by atoms with Crippen LogP contribution in [0.1, 0.15) is 29.0 Å². The summed E-state index contributed by atoms with van der Waals surface area (Å²) < 4.78 is 29.1. The molecule has 26 heavy (non-hydrogen) atoms. The number of hydrogen-bond donors (Lipinski definition) is 1. The zero-order valence-corrected chi connectivity index (χ0v) is 15.8. The molecule has 138 valence electrons. The van der Waals surface area contributed by atoms with Gasteiger partial charge in [-0.15, -0.1) is 0 Å². The highest BCUT2D eigenvalue weighted by Gasteiger charge is 2.44. The fourth-order valence-electron chi connectivity index (χ4n) is 4.70. The third-order valence-electron chi connectivity index (χ3n) is 5.72. The topological polar surface area (TPSA) is 55.4 Å². The van der Waals surface area contributed by atoms with Crippen molar-refractivity contribution in [2.45, 2.75) is 37.3 Å². The lowest BCUT2D eigenvalue weighted by Gasteiger charge is -2.46. The summed E-state index contributed by atoms with van der Waals surface area (Å²) in [5, 5.41) is 3.58. The lowest BCUT2D eigenvalue weighted by Crippen LogP contribution is -2.55. The summed E-state index contributed by atoms with van der Waals surface area (Å²) >= 11 is 0. The highest BCUT2D eigenvalue weighted by Crippen LogP contribution is 2.44. The smallest absolute Gasteiger partial charge is 0.264 e. The Kier molecular flexibility index (Phi) is 4.86. The van der Waals surface area contributed by atoms with Crippen LogP contribution in [0.25, 0.3) is 0 Å². The first kappa shape index (κ1) is 17.7. The molecule has 1 heterocycles. The summed E-state index contributed by atoms with van der Waals surface area (Å²) in [5.74, 6) is 0.482. The summed E-state index contributed by atoms with van der Waals surface area (Å²) in [6.07, 6.45) is 3.84. The maximum absolute atomic E-state index is 11.8. The maximum atomic E-state index is 11.8. The average Bonchev–Trinajstić information content (AvgIpc) is 2.63. The van der Waals surface area contributed by atoms with Crippen molar-refractivity contribution in [3.8, 4) is 0 Å². The Labute approximate surface area is 155 Å². The fraction of sp³-hybridized carbons (Fsp3) is 0.429. The second kappa shape index (κ2) is 7.14. The number of fused-ring (bicyclic) bond motifs is 3. The molecule has 0 saturated carbocycles. The average molecular weight is 372 g/mol. The van der Waals surface area contributed by atoms with Crippen LogP contribution in [0, 0.1) is 5.92 Å². The van der Waals surface area contributed by atoms with Crippen LogP contribution in [0.4, 0.5) is 0 Å². The van der Waals surface area contributed by atoms with E-state index in [9.17, 15) is 8.42 Å². The second-order valence-corrected chi connectivity index (χ2v) is 9.07. The quantitative estimate of drug-likeness (QED) is 0.840. The minimum atomic E-state index is -3.49. The van der Waals surface area contributed by atoms with E-state index >= 15 is 0 Å². The van der Waals surface area contributed by atoms with Crippen molar-refractivity contribution in [1.29, 1.82) is 0 Å². The first-order chi connectivity index (χ1) is 12.5. The van der Waals surface area contributed by atoms with Gasteiger partial charge in [0, 0.05) is 18.5 Å². The standard InChI is InChI=1S/C21H25NO3S/c1-26(23,24)25-20-14-22-19(13-15-7-3-2-4-8-15)18-12-11-16-9-5-6-10-17(16)21(18)20/h2-10,18-22H,11-14H2,1H3. The fourth-order valence-corrected chi connectivity index (χ4v) is 5.34. The Hall–Kier alpha value is -1.69. The van der Waals surface area contributed by atoms with Gasteiger partial charge in [-0.1, -0.05) is 54.6 Å². The molecule has 1 aliphatic heterocycles. The molecule has 1 fully saturated rings. The van der Waals surface area contributed by atoms with Gasteiger partial charge in [0.05, 0.1) is 12.4 Å². The third kappa shape index (κ3) is 3.70. The van der Waals surface area contributed by atoms with Gasteiger partial charge in [-0.2, -0.15) is 8.42 Å². The van der Waals surface area contributed by atoms with E-state index in [1.807, 2.05) is 12.1 Å². The van der Waals surface area contributed by atoms with Crippen LogP contribution in [-0.2, 0) is 27.1 Å². The van der Waals surface area contributed by atoms with Gasteiger partial charge in [-0.3, -0.25) is 4.18 Å². The van der Waals surface area contributed by atoms with Crippen LogP contribution in [0.2, 0.25) is 0 Å². The van der Waals surface area contributed by atoms with Gasteiger partial charge in [-0.25, -0.2) is 0 Å². The number of piperidine rings is 1. The zero-order chi connectivity index (χ0) is 18.1. The van der Waals surface area contributed by atoms with Gasteiger partial charge in [-0.05, 0) is 41.9 Å². The van der Waals surface area contributed by atoms with Crippen LogP contribution in [0.3, 0.4) is 0 Å². The molecule has 0 spiro atoms. The number of benzene rings is 2. The van der Waals surface area contributed by atoms with E-state index in [0.29, 0.717) is 18.5 Å². The largest absolute Gasteiger partial charge is 0.311 e. The Morgan fingerprint density at radius 2 is 1.81 bits per heavy atom. The first-order valence-electron chi connectivity index (χ1n) is 9.24. The van der Waals surface area contributed by atoms with Crippen molar-refractivity contribution in [3.05, 3.63) is 71.3 Å². The van der Waals surface area contributed by atoms with Crippen LogP contribution < -0.4 is 5.32 Å². The molecule has 1 saturated heterocycles. The van der Waals surface area contributed by atoms with Crippen molar-refractivity contribution < 1.29 is 12.6 Å². The van der Waals surface area contributed by atoms with E-state index in [4.69, 9.17) is 4.18 Å². The SMILES string of the molecule is CS(=O)(=O)OC1CNC(Cc2ccccc2)C2CCc3ccccc3C12. The van der Waals surface area contributed by atoms with E-state index in [1.54, 1.807) is 0 Å². The molecule has 0 amide bonds. The molecule has 2 aromatic rings. The van der Waals surface area contributed by atoms with Crippen LogP contribution in [0.5, 0.6) is 0 Å². The highest BCUT2D eigenvalue weighted by molar-refractivity contribution is 7.86. The third-order valence-corrected chi connectivity index (χ3v) is 6.31. The van der Waals surface area contributed by atoms with Gasteiger partial charge < -0.3 is 5.32 Å². The van der Waals surface area contributed by atoms with Crippen molar-refractivity contribution in [2.24, 2.45) is 5.92 Å². The molecular weight excluding hydrogens is 346 g/mol. The minimum absolute atomic E-state index is 0.115. The van der Waals surface area contributed by atoms with E-state index in [0.717, 1.165) is 25.5 Å². The van der Waals surface area contributed by atoms with Crippen molar-refractivity contribution >= 4 is 10.1 Å². The monoisotopic (exact) mass is 371 g/mol. The molecule has 4 unspecified atom stereocenters. The lowest BCUT2D eigenvalue weighted by molar-refractivity contribution is 0.0773. The van der Waals surface area contributed by atoms with Gasteiger partial charge in [0.2, 0.25) is 0 Å². The van der Waals surface area contributed by atoms with Gasteiger partial charge in [0.25, 0.3) is 10.1 Å². The molecule has 4 atom stereocenters. The van der Waals surface area contributed by atoms with Gasteiger partial charge >= 0.3 is 0 Å². The molecule has 2 aliphatic rings. The van der Waals surface area contributed by atoms with Crippen molar-refractivity contribution in [1.82, 2.24) is 5.32 Å². The zero-order valence-electron chi connectivity index (χ0n) is 15.0. The van der Waals surface area contributed by atoms with Crippen molar-refractivity contribution in [3.63, 3.8) is 0 Å². The highest BCUT2D eigenvalue weighted by atomic mass is 32.2. The summed E-state index contributed by atoms with van der Waals surface area (Å²) in [6, 6.07) is 19.2. The molecule has 1 aliphatic carbocycles. The molecule has 4 rings (SSSR count). The molecular formula is C21H25NO3S. The number of hydrogen-bond acceptors (Lipinski definition) is 4. The second-order valence-electron chi connectivity index (χ2n) is 7.47. The first-order valence-corrected chi connectivity index (χ1v) is 11.1. The Morgan fingerprint density at radius 3 is 2.58 bits per heavy atom. The normalized spacial score (nSPS) is 28.2. The molecule has 0 aromatic heterocycles. The van der Waals surface area contributed by atoms with Crippen LogP contribution >= 0.6 is 0 Å². The Balaban J connectivity index is 1.66. The minimum Gasteiger partial charge on any atom is -0.311 e. The van der Waals surface area contributed by atoms with E-state index in [1.165, 1.54) is 16.7 Å².